The number of phosphoric ester groups is 1. The Morgan fingerprint density at radius 3 is 2.19 bits per heavy atom. The number of fused-ring (bicyclic) bond motifs is 1. The molecule has 7 N–H and O–H groups in total. The van der Waals surface area contributed by atoms with Crippen LogP contribution in [-0.4, -0.2) is 91.6 Å². The largest absolute Gasteiger partial charge is 0.478 e. The Balaban J connectivity index is 1.21. The van der Waals surface area contributed by atoms with Gasteiger partial charge < -0.3 is 40.7 Å². The number of hydrogen-bond donors (Lipinski definition) is 6. The quantitative estimate of drug-likeness (QED) is 0.0314. The molecule has 3 heterocycles. The molecule has 16 nitrogen and oxygen atoms in total. The number of rotatable bonds is 29. The Bertz CT molecular complexity index is 1760. The fourth-order valence-electron chi connectivity index (χ4n) is 7.06. The van der Waals surface area contributed by atoms with Crippen LogP contribution >= 0.6 is 7.82 Å². The van der Waals surface area contributed by atoms with Crippen molar-refractivity contribution in [3.05, 3.63) is 54.0 Å². The van der Waals surface area contributed by atoms with Crippen LogP contribution in [0.1, 0.15) is 126 Å². The molecule has 4 rings (SSSR count). The highest BCUT2D eigenvalue weighted by Crippen LogP contribution is 2.46. The van der Waals surface area contributed by atoms with Crippen molar-refractivity contribution in [2.75, 3.05) is 37.5 Å². The number of nitriles is 1. The van der Waals surface area contributed by atoms with Crippen molar-refractivity contribution in [1.82, 2.24) is 14.6 Å². The van der Waals surface area contributed by atoms with Gasteiger partial charge in [0.2, 0.25) is 5.60 Å². The number of carbonyl (C=O) groups is 1. The highest BCUT2D eigenvalue weighted by Gasteiger charge is 2.58. The number of hydrogen-bond acceptors (Lipinski definition) is 13. The SMILES string of the molecule is CCCCCCCCCCCCCCCCCCOC[C@H](COP(=O)(O)OC[C@H]1O[C@@](C#N)(c2ccc3c(N)ncnn23)[C@H](O)[C@@H]1O)Nc1ccccc1C(=O)O. The standard InChI is InChI=1S/C40H61N6O10P/c1-2-3-4-5-6-7-8-9-10-11-12-13-14-15-16-19-24-53-25-30(45-32-21-18-17-20-31(32)39(49)50)26-54-57(51,52)55-27-34-36(47)37(48)40(28-41,56-34)35-23-22-33-38(42)43-29-44-46(33)35/h17-18,20-23,29-30,34,36-37,45,47-48H,2-16,19,24-27H2,1H3,(H,49,50)(H,51,52)(H2,42,43,44)/t30-,34-,36-,37-,40+/m1/s1. The molecule has 1 aliphatic heterocycles. The van der Waals surface area contributed by atoms with Gasteiger partial charge in [-0.25, -0.2) is 18.9 Å². The lowest BCUT2D eigenvalue weighted by atomic mass is 9.92. The van der Waals surface area contributed by atoms with E-state index in [0.717, 1.165) is 25.6 Å². The van der Waals surface area contributed by atoms with E-state index in [2.05, 4.69) is 22.3 Å². The number of nitrogen functional groups attached to an aromatic ring is 1. The van der Waals surface area contributed by atoms with Crippen molar-refractivity contribution in [2.45, 2.75) is 140 Å². The number of ether oxygens (including phenoxy) is 2. The lowest BCUT2D eigenvalue weighted by Gasteiger charge is -2.24. The van der Waals surface area contributed by atoms with E-state index in [1.54, 1.807) is 18.2 Å². The molecule has 0 saturated carbocycles. The fraction of sp³-hybridized carbons (Fsp3) is 0.650. The first-order valence-electron chi connectivity index (χ1n) is 20.3. The third-order valence-corrected chi connectivity index (χ3v) is 11.3. The zero-order valence-corrected chi connectivity index (χ0v) is 33.9. The van der Waals surface area contributed by atoms with E-state index in [9.17, 15) is 34.8 Å². The number of nitrogens with one attached hydrogen (secondary N) is 1. The summed E-state index contributed by atoms with van der Waals surface area (Å²) >= 11 is 0. The molecule has 0 spiro atoms. The van der Waals surface area contributed by atoms with Gasteiger partial charge in [0.25, 0.3) is 0 Å². The molecule has 316 valence electrons. The molecule has 0 amide bonds. The van der Waals surface area contributed by atoms with Gasteiger partial charge in [-0.2, -0.15) is 10.4 Å². The molecular weight excluding hydrogens is 755 g/mol. The molecule has 1 aromatic carbocycles. The second kappa shape index (κ2) is 23.7. The molecule has 1 aliphatic rings. The van der Waals surface area contributed by atoms with Gasteiger partial charge in [0, 0.05) is 12.3 Å². The van der Waals surface area contributed by atoms with Crippen LogP contribution in [-0.2, 0) is 28.7 Å². The second-order valence-electron chi connectivity index (χ2n) is 14.7. The van der Waals surface area contributed by atoms with Crippen molar-refractivity contribution in [3.8, 4) is 6.07 Å². The number of anilines is 2. The molecule has 1 saturated heterocycles. The minimum absolute atomic E-state index is 0.000512. The van der Waals surface area contributed by atoms with Crippen molar-refractivity contribution < 1.29 is 48.1 Å². The predicted octanol–water partition coefficient (Wildman–Crippen LogP) is 6.74. The molecule has 57 heavy (non-hydrogen) atoms. The van der Waals surface area contributed by atoms with Crippen LogP contribution in [0.3, 0.4) is 0 Å². The van der Waals surface area contributed by atoms with Crippen LogP contribution in [0.5, 0.6) is 0 Å². The smallest absolute Gasteiger partial charge is 0.472 e. The number of nitrogens with zero attached hydrogens (tertiary/aromatic N) is 4. The summed E-state index contributed by atoms with van der Waals surface area (Å²) in [7, 11) is -4.83. The summed E-state index contributed by atoms with van der Waals surface area (Å²) < 4.78 is 36.5. The maximum absolute atomic E-state index is 13.1. The lowest BCUT2D eigenvalue weighted by Crippen LogP contribution is -2.41. The Labute approximate surface area is 335 Å². The molecule has 1 unspecified atom stereocenters. The zero-order chi connectivity index (χ0) is 41.1. The van der Waals surface area contributed by atoms with Gasteiger partial charge in [-0.05, 0) is 30.7 Å². The van der Waals surface area contributed by atoms with E-state index in [-0.39, 0.29) is 29.4 Å². The first-order chi connectivity index (χ1) is 27.5. The Hall–Kier alpha value is -3.65. The number of aliphatic hydroxyl groups excluding tert-OH is 2. The van der Waals surface area contributed by atoms with Crippen LogP contribution in [0, 0.1) is 11.3 Å². The van der Waals surface area contributed by atoms with Crippen LogP contribution in [0.25, 0.3) is 5.52 Å². The highest BCUT2D eigenvalue weighted by atomic mass is 31.2. The number of para-hydroxylation sites is 1. The van der Waals surface area contributed by atoms with E-state index >= 15 is 0 Å². The molecule has 2 aromatic heterocycles. The average molecular weight is 817 g/mol. The number of aromatic nitrogens is 3. The second-order valence-corrected chi connectivity index (χ2v) is 16.2. The van der Waals surface area contributed by atoms with Gasteiger partial charge in [-0.15, -0.1) is 0 Å². The summed E-state index contributed by atoms with van der Waals surface area (Å²) in [4.78, 5) is 26.4. The van der Waals surface area contributed by atoms with Gasteiger partial charge in [-0.1, -0.05) is 115 Å². The van der Waals surface area contributed by atoms with E-state index in [1.165, 1.54) is 106 Å². The average Bonchev–Trinajstić information content (AvgIpc) is 3.75. The van der Waals surface area contributed by atoms with Crippen molar-refractivity contribution in [2.24, 2.45) is 0 Å². The predicted molar refractivity (Wildman–Crippen MR) is 214 cm³/mol. The summed E-state index contributed by atoms with van der Waals surface area (Å²) in [6.07, 6.45) is 16.3. The maximum Gasteiger partial charge on any atom is 0.472 e. The number of aromatic carboxylic acids is 1. The van der Waals surface area contributed by atoms with Crippen LogP contribution in [0.2, 0.25) is 0 Å². The number of carboxylic acids is 1. The maximum atomic E-state index is 13.1. The number of aliphatic hydroxyl groups is 2. The van der Waals surface area contributed by atoms with Gasteiger partial charge in [0.15, 0.2) is 5.82 Å². The molecular formula is C40H61N6O10P. The van der Waals surface area contributed by atoms with Crippen molar-refractivity contribution in [3.63, 3.8) is 0 Å². The van der Waals surface area contributed by atoms with E-state index in [0.29, 0.717) is 12.1 Å². The van der Waals surface area contributed by atoms with Crippen LogP contribution in [0.15, 0.2) is 42.7 Å². The van der Waals surface area contributed by atoms with Crippen molar-refractivity contribution >= 4 is 30.8 Å². The van der Waals surface area contributed by atoms with E-state index in [1.807, 2.05) is 6.07 Å². The van der Waals surface area contributed by atoms with Gasteiger partial charge >= 0.3 is 13.8 Å². The third-order valence-electron chi connectivity index (χ3n) is 10.3. The first kappa shape index (κ1) is 46.0. The number of carboxylic acid groups (broad SMARTS) is 1. The van der Waals surface area contributed by atoms with E-state index < -0.39 is 57.0 Å². The molecule has 0 bridgehead atoms. The topological polar surface area (TPSA) is 244 Å². The van der Waals surface area contributed by atoms with Gasteiger partial charge in [-0.3, -0.25) is 9.05 Å². The monoisotopic (exact) mass is 816 g/mol. The molecule has 3 aromatic rings. The summed E-state index contributed by atoms with van der Waals surface area (Å²) in [5, 5.41) is 48.7. The molecule has 0 radical (unpaired) electrons. The summed E-state index contributed by atoms with van der Waals surface area (Å²) in [6.45, 7) is 1.58. The lowest BCUT2D eigenvalue weighted by molar-refractivity contribution is -0.0644. The fourth-order valence-corrected chi connectivity index (χ4v) is 7.84. The minimum Gasteiger partial charge on any atom is -0.478 e. The Kier molecular flexibility index (Phi) is 19.1. The summed E-state index contributed by atoms with van der Waals surface area (Å²) in [5.41, 5.74) is 4.44. The van der Waals surface area contributed by atoms with Gasteiger partial charge in [0.1, 0.15) is 36.2 Å². The molecule has 6 atom stereocenters. The summed E-state index contributed by atoms with van der Waals surface area (Å²) in [6, 6.07) is 10.4. The molecule has 0 aliphatic carbocycles. The van der Waals surface area contributed by atoms with Crippen LogP contribution < -0.4 is 11.1 Å². The number of nitrogens with two attached hydrogens (primary N) is 1. The molecule has 17 heteroatoms. The normalized spacial score (nSPS) is 21.0. The van der Waals surface area contributed by atoms with Crippen molar-refractivity contribution in [1.29, 1.82) is 5.26 Å². The number of phosphoric acid groups is 1. The Morgan fingerprint density at radius 2 is 1.58 bits per heavy atom. The number of unbranched alkanes of at least 4 members (excludes halogenated alkanes) is 15. The van der Waals surface area contributed by atoms with E-state index in [4.69, 9.17) is 24.3 Å². The zero-order valence-electron chi connectivity index (χ0n) is 33.0. The minimum atomic E-state index is -4.83. The van der Waals surface area contributed by atoms with Crippen LogP contribution in [0.4, 0.5) is 11.5 Å². The highest BCUT2D eigenvalue weighted by molar-refractivity contribution is 7.47. The van der Waals surface area contributed by atoms with Gasteiger partial charge in [0.05, 0.1) is 37.1 Å². The summed E-state index contributed by atoms with van der Waals surface area (Å²) in [5.74, 6) is -1.04. The molecule has 1 fully saturated rings. The first-order valence-corrected chi connectivity index (χ1v) is 21.8. The number of benzene rings is 1. The Morgan fingerprint density at radius 1 is 0.965 bits per heavy atom. The third kappa shape index (κ3) is 13.7.